The minimum Gasteiger partial charge on any atom is -0.308 e. The van der Waals surface area contributed by atoms with Crippen LogP contribution in [0.3, 0.4) is 0 Å². The molecule has 28 heavy (non-hydrogen) atoms. The van der Waals surface area contributed by atoms with Gasteiger partial charge in [-0.1, -0.05) is 61.6 Å². The van der Waals surface area contributed by atoms with E-state index in [9.17, 15) is 0 Å². The van der Waals surface area contributed by atoms with Crippen molar-refractivity contribution in [2.45, 2.75) is 13.1 Å². The monoisotopic (exact) mass is 376 g/mol. The molecule has 0 aliphatic carbocycles. The minimum absolute atomic E-state index is 1.07. The van der Waals surface area contributed by atoms with Crippen LogP contribution < -0.4 is 15.3 Å². The summed E-state index contributed by atoms with van der Waals surface area (Å²) in [6.45, 7) is 4.94. The summed E-state index contributed by atoms with van der Waals surface area (Å²) < 4.78 is 0. The summed E-state index contributed by atoms with van der Waals surface area (Å²) in [7, 11) is -1.73. The fourth-order valence-electron chi connectivity index (χ4n) is 4.96. The van der Waals surface area contributed by atoms with E-state index in [1.165, 1.54) is 38.4 Å². The zero-order valence-electron chi connectivity index (χ0n) is 16.0. The van der Waals surface area contributed by atoms with Crippen LogP contribution in [0.25, 0.3) is 22.4 Å². The molecule has 0 saturated carbocycles. The van der Waals surface area contributed by atoms with Crippen molar-refractivity contribution in [3.63, 3.8) is 0 Å². The maximum absolute atomic E-state index is 4.87. The lowest BCUT2D eigenvalue weighted by Gasteiger charge is -2.28. The van der Waals surface area contributed by atoms with Crippen molar-refractivity contribution in [1.29, 1.82) is 0 Å². The highest BCUT2D eigenvalue weighted by atomic mass is 28.3. The first-order chi connectivity index (χ1) is 13.7. The molecule has 0 fully saturated rings. The second-order valence-corrected chi connectivity index (χ2v) is 12.4. The van der Waals surface area contributed by atoms with Crippen molar-refractivity contribution in [2.75, 3.05) is 4.90 Å². The van der Waals surface area contributed by atoms with Crippen LogP contribution in [-0.4, -0.2) is 13.1 Å². The number of benzene rings is 3. The van der Waals surface area contributed by atoms with E-state index in [4.69, 9.17) is 4.98 Å². The molecule has 0 spiro atoms. The van der Waals surface area contributed by atoms with Crippen molar-refractivity contribution in [1.82, 2.24) is 4.98 Å². The van der Waals surface area contributed by atoms with Gasteiger partial charge in [0, 0.05) is 23.0 Å². The Labute approximate surface area is 166 Å². The van der Waals surface area contributed by atoms with Crippen LogP contribution in [0, 0.1) is 0 Å². The van der Waals surface area contributed by atoms with E-state index >= 15 is 0 Å². The van der Waals surface area contributed by atoms with E-state index in [-0.39, 0.29) is 0 Å². The highest BCUT2D eigenvalue weighted by Gasteiger charge is 2.42. The normalized spacial score (nSPS) is 15.0. The summed E-state index contributed by atoms with van der Waals surface area (Å²) in [6.07, 6.45) is 1.91. The van der Waals surface area contributed by atoms with Gasteiger partial charge in [0.1, 0.15) is 8.07 Å². The number of rotatable bonds is 1. The van der Waals surface area contributed by atoms with E-state index in [0.717, 1.165) is 11.4 Å². The van der Waals surface area contributed by atoms with Crippen LogP contribution >= 0.6 is 0 Å². The Bertz CT molecular complexity index is 1240. The first-order valence-corrected chi connectivity index (χ1v) is 12.8. The molecule has 2 nitrogen and oxygen atoms in total. The van der Waals surface area contributed by atoms with E-state index < -0.39 is 8.07 Å². The molecular formula is C25H20N2Si. The number of fused-ring (bicyclic) bond motifs is 2. The van der Waals surface area contributed by atoms with Gasteiger partial charge in [-0.15, -0.1) is 0 Å². The Kier molecular flexibility index (Phi) is 3.07. The molecule has 3 heteroatoms. The van der Waals surface area contributed by atoms with Gasteiger partial charge in [0.05, 0.1) is 17.1 Å². The van der Waals surface area contributed by atoms with Crippen LogP contribution in [0.5, 0.6) is 0 Å². The topological polar surface area (TPSA) is 16.1 Å². The number of hydrogen-bond acceptors (Lipinski definition) is 2. The Morgan fingerprint density at radius 3 is 2.21 bits per heavy atom. The maximum Gasteiger partial charge on any atom is 0.113 e. The molecule has 1 aromatic heterocycles. The number of hydrogen-bond donors (Lipinski definition) is 0. The lowest BCUT2D eigenvalue weighted by atomic mass is 9.97. The van der Waals surface area contributed by atoms with E-state index in [0.29, 0.717) is 0 Å². The summed E-state index contributed by atoms with van der Waals surface area (Å²) in [5, 5.41) is 3.06. The van der Waals surface area contributed by atoms with Gasteiger partial charge in [-0.2, -0.15) is 0 Å². The zero-order valence-corrected chi connectivity index (χ0v) is 17.0. The molecule has 0 unspecified atom stereocenters. The van der Waals surface area contributed by atoms with Gasteiger partial charge in [0.15, 0.2) is 0 Å². The lowest BCUT2D eigenvalue weighted by Crippen LogP contribution is -2.49. The Morgan fingerprint density at radius 2 is 1.39 bits per heavy atom. The summed E-state index contributed by atoms with van der Waals surface area (Å²) in [4.78, 5) is 7.25. The van der Waals surface area contributed by atoms with Gasteiger partial charge in [0.25, 0.3) is 0 Å². The zero-order chi connectivity index (χ0) is 18.9. The highest BCUT2D eigenvalue weighted by Crippen LogP contribution is 2.50. The number of pyridine rings is 1. The van der Waals surface area contributed by atoms with Crippen molar-refractivity contribution >= 4 is 35.5 Å². The molecular weight excluding hydrogens is 356 g/mol. The lowest BCUT2D eigenvalue weighted by molar-refractivity contribution is 1.24. The van der Waals surface area contributed by atoms with Crippen LogP contribution in [0.1, 0.15) is 0 Å². The predicted octanol–water partition coefficient (Wildman–Crippen LogP) is 5.33. The van der Waals surface area contributed by atoms with Crippen molar-refractivity contribution in [3.8, 4) is 22.4 Å². The maximum atomic E-state index is 4.87. The highest BCUT2D eigenvalue weighted by molar-refractivity contribution is 7.04. The third-order valence-electron chi connectivity index (χ3n) is 6.24. The average molecular weight is 377 g/mol. The van der Waals surface area contributed by atoms with Gasteiger partial charge >= 0.3 is 0 Å². The van der Waals surface area contributed by atoms with Crippen molar-refractivity contribution in [3.05, 3.63) is 85.1 Å². The molecule has 0 bridgehead atoms. The van der Waals surface area contributed by atoms with Crippen LogP contribution in [0.4, 0.5) is 17.1 Å². The predicted molar refractivity (Wildman–Crippen MR) is 120 cm³/mol. The second kappa shape index (κ2) is 5.43. The van der Waals surface area contributed by atoms with E-state index in [1.54, 1.807) is 0 Å². The second-order valence-electron chi connectivity index (χ2n) is 8.09. The molecule has 0 atom stereocenters. The molecule has 2 aliphatic rings. The third-order valence-corrected chi connectivity index (χ3v) is 9.77. The Balaban J connectivity index is 1.83. The molecule has 0 radical (unpaired) electrons. The summed E-state index contributed by atoms with van der Waals surface area (Å²) in [5.41, 5.74) is 8.72. The fraction of sp³-hybridized carbons (Fsp3) is 0.0800. The largest absolute Gasteiger partial charge is 0.308 e. The fourth-order valence-corrected chi connectivity index (χ4v) is 8.04. The van der Waals surface area contributed by atoms with Crippen LogP contribution in [0.2, 0.25) is 13.1 Å². The molecule has 3 aromatic carbocycles. The standard InChI is InChI=1S/C25H20N2Si/c1-28(2)21-14-6-11-18-23(21)24-19(12-7-15-22(24)28)27(17-9-4-3-5-10-17)20-13-8-16-26-25(18)20/h3-16H,1-2H3. The summed E-state index contributed by atoms with van der Waals surface area (Å²) in [5.74, 6) is 0. The SMILES string of the molecule is C[Si]1(C)c2cccc3c2-c2c(cccc21)N(c1ccccc1)c1cccnc1-3. The van der Waals surface area contributed by atoms with Crippen molar-refractivity contribution in [2.24, 2.45) is 0 Å². The molecule has 0 N–H and O–H groups in total. The molecule has 3 heterocycles. The minimum atomic E-state index is -1.73. The quantitative estimate of drug-likeness (QED) is 0.367. The molecule has 4 aromatic rings. The average Bonchev–Trinajstić information content (AvgIpc) is 2.89. The summed E-state index contributed by atoms with van der Waals surface area (Å²) in [6, 6.07) is 28.5. The Hall–Kier alpha value is -3.17. The smallest absolute Gasteiger partial charge is 0.113 e. The Morgan fingerprint density at radius 1 is 0.679 bits per heavy atom. The van der Waals surface area contributed by atoms with E-state index in [2.05, 4.69) is 90.8 Å². The number of aromatic nitrogens is 1. The molecule has 2 aliphatic heterocycles. The molecule has 0 saturated heterocycles. The van der Waals surface area contributed by atoms with Gasteiger partial charge in [-0.05, 0) is 46.3 Å². The molecule has 134 valence electrons. The van der Waals surface area contributed by atoms with E-state index in [1.807, 2.05) is 12.3 Å². The first-order valence-electron chi connectivity index (χ1n) is 9.76. The number of para-hydroxylation sites is 1. The molecule has 6 rings (SSSR count). The van der Waals surface area contributed by atoms with Gasteiger partial charge in [-0.25, -0.2) is 0 Å². The van der Waals surface area contributed by atoms with Gasteiger partial charge in [-0.3, -0.25) is 4.98 Å². The van der Waals surface area contributed by atoms with Crippen molar-refractivity contribution < 1.29 is 0 Å². The van der Waals surface area contributed by atoms with Crippen LogP contribution in [0.15, 0.2) is 85.1 Å². The summed E-state index contributed by atoms with van der Waals surface area (Å²) >= 11 is 0. The van der Waals surface area contributed by atoms with Crippen LogP contribution in [-0.2, 0) is 0 Å². The van der Waals surface area contributed by atoms with Gasteiger partial charge in [0.2, 0.25) is 0 Å². The number of anilines is 3. The molecule has 0 amide bonds. The van der Waals surface area contributed by atoms with Gasteiger partial charge < -0.3 is 4.90 Å². The third kappa shape index (κ3) is 1.89. The first kappa shape index (κ1) is 15.8. The number of nitrogens with zero attached hydrogens (tertiary/aromatic N) is 2.